The Morgan fingerprint density at radius 1 is 1.03 bits per heavy atom. The second-order valence-electron chi connectivity index (χ2n) is 8.24. The molecule has 7 nitrogen and oxygen atoms in total. The fraction of sp³-hybridized carbons (Fsp3) is 0.222. The highest BCUT2D eigenvalue weighted by molar-refractivity contribution is 7.89. The molecular weight excluding hydrogens is 464 g/mol. The normalized spacial score (nSPS) is 11.7. The van der Waals surface area contributed by atoms with Gasteiger partial charge in [-0.25, -0.2) is 13.2 Å². The molecule has 0 bridgehead atoms. The van der Waals surface area contributed by atoms with E-state index in [0.717, 1.165) is 33.3 Å². The van der Waals surface area contributed by atoms with Crippen molar-refractivity contribution in [1.82, 2.24) is 9.29 Å². The number of methoxy groups -OCH3 is 1. The van der Waals surface area contributed by atoms with Crippen LogP contribution in [0.2, 0.25) is 0 Å². The van der Waals surface area contributed by atoms with E-state index in [1.54, 1.807) is 63.5 Å². The van der Waals surface area contributed by atoms with E-state index in [4.69, 9.17) is 9.47 Å². The summed E-state index contributed by atoms with van der Waals surface area (Å²) in [5.41, 5.74) is 4.63. The first-order chi connectivity index (χ1) is 16.7. The zero-order valence-corrected chi connectivity index (χ0v) is 21.0. The van der Waals surface area contributed by atoms with E-state index in [1.165, 1.54) is 4.31 Å². The van der Waals surface area contributed by atoms with Crippen LogP contribution in [0, 0.1) is 6.92 Å². The summed E-state index contributed by atoms with van der Waals surface area (Å²) in [4.78, 5) is 15.8. The number of H-pyrrole nitrogens is 1. The smallest absolute Gasteiger partial charge is 0.338 e. The number of carbonyl (C=O) groups excluding carboxylic acids is 1. The molecule has 0 aliphatic rings. The lowest BCUT2D eigenvalue weighted by Gasteiger charge is -2.18. The standard InChI is InChI=1S/C27H28N2O5S/c1-5-34-27(30)21-11-14-25-24(16-21)26(18(2)28-25)20-7-6-8-23(15-20)35(31,32)29(3)17-19-9-12-22(33-4)13-10-19/h6-16,28H,5,17H2,1-4H3. The maximum absolute atomic E-state index is 13.4. The molecule has 0 unspecified atom stereocenters. The van der Waals surface area contributed by atoms with Crippen LogP contribution < -0.4 is 4.74 Å². The Morgan fingerprint density at radius 3 is 2.46 bits per heavy atom. The number of sulfonamides is 1. The SMILES string of the molecule is CCOC(=O)c1ccc2[nH]c(C)c(-c3cccc(S(=O)(=O)N(C)Cc4ccc(OC)cc4)c3)c2c1. The van der Waals surface area contributed by atoms with Crippen LogP contribution in [0.15, 0.2) is 71.6 Å². The third-order valence-electron chi connectivity index (χ3n) is 5.89. The summed E-state index contributed by atoms with van der Waals surface area (Å²) in [6.45, 7) is 4.21. The van der Waals surface area contributed by atoms with Gasteiger partial charge in [0.2, 0.25) is 10.0 Å². The van der Waals surface area contributed by atoms with E-state index in [2.05, 4.69) is 4.98 Å². The largest absolute Gasteiger partial charge is 0.497 e. The topological polar surface area (TPSA) is 88.7 Å². The molecule has 0 saturated heterocycles. The van der Waals surface area contributed by atoms with Crippen molar-refractivity contribution < 1.29 is 22.7 Å². The minimum absolute atomic E-state index is 0.196. The van der Waals surface area contributed by atoms with Gasteiger partial charge in [-0.3, -0.25) is 0 Å². The maximum Gasteiger partial charge on any atom is 0.338 e. The van der Waals surface area contributed by atoms with E-state index in [-0.39, 0.29) is 11.4 Å². The third-order valence-corrected chi connectivity index (χ3v) is 7.69. The number of nitrogens with one attached hydrogen (secondary N) is 1. The molecule has 4 rings (SSSR count). The Hall–Kier alpha value is -3.62. The zero-order chi connectivity index (χ0) is 25.2. The van der Waals surface area contributed by atoms with E-state index >= 15 is 0 Å². The number of rotatable bonds is 8. The zero-order valence-electron chi connectivity index (χ0n) is 20.2. The number of ether oxygens (including phenoxy) is 2. The van der Waals surface area contributed by atoms with Crippen LogP contribution in [0.5, 0.6) is 5.75 Å². The van der Waals surface area contributed by atoms with Crippen molar-refractivity contribution in [2.45, 2.75) is 25.3 Å². The first-order valence-electron chi connectivity index (χ1n) is 11.2. The van der Waals surface area contributed by atoms with Crippen LogP contribution in [0.4, 0.5) is 0 Å². The van der Waals surface area contributed by atoms with Crippen LogP contribution in [0.25, 0.3) is 22.0 Å². The van der Waals surface area contributed by atoms with Crippen molar-refractivity contribution in [1.29, 1.82) is 0 Å². The van der Waals surface area contributed by atoms with E-state index in [0.29, 0.717) is 17.9 Å². The molecule has 0 spiro atoms. The van der Waals surface area contributed by atoms with Crippen molar-refractivity contribution in [3.63, 3.8) is 0 Å². The summed E-state index contributed by atoms with van der Waals surface area (Å²) in [6.07, 6.45) is 0. The molecule has 0 amide bonds. The minimum atomic E-state index is -3.74. The molecule has 1 heterocycles. The van der Waals surface area contributed by atoms with Gasteiger partial charge in [-0.15, -0.1) is 0 Å². The lowest BCUT2D eigenvalue weighted by Crippen LogP contribution is -2.26. The molecule has 0 aliphatic carbocycles. The number of fused-ring (bicyclic) bond motifs is 1. The summed E-state index contributed by atoms with van der Waals surface area (Å²) in [7, 11) is -0.591. The third kappa shape index (κ3) is 4.94. The summed E-state index contributed by atoms with van der Waals surface area (Å²) >= 11 is 0. The van der Waals surface area contributed by atoms with Crippen LogP contribution in [-0.4, -0.2) is 44.4 Å². The lowest BCUT2D eigenvalue weighted by molar-refractivity contribution is 0.0526. The van der Waals surface area contributed by atoms with Gasteiger partial charge < -0.3 is 14.5 Å². The fourth-order valence-electron chi connectivity index (χ4n) is 4.11. The molecule has 1 N–H and O–H groups in total. The van der Waals surface area contributed by atoms with Crippen LogP contribution in [0.1, 0.15) is 28.5 Å². The Labute approximate surface area is 205 Å². The molecule has 0 saturated carbocycles. The van der Waals surface area contributed by atoms with Gasteiger partial charge in [0.25, 0.3) is 0 Å². The Kier molecular flexibility index (Phi) is 6.95. The monoisotopic (exact) mass is 492 g/mol. The van der Waals surface area contributed by atoms with Crippen LogP contribution in [0.3, 0.4) is 0 Å². The average molecular weight is 493 g/mol. The average Bonchev–Trinajstić information content (AvgIpc) is 3.19. The van der Waals surface area contributed by atoms with Gasteiger partial charge in [-0.2, -0.15) is 4.31 Å². The Balaban J connectivity index is 1.69. The number of nitrogens with zero attached hydrogens (tertiary/aromatic N) is 1. The number of benzene rings is 3. The Morgan fingerprint density at radius 2 is 1.77 bits per heavy atom. The quantitative estimate of drug-likeness (QED) is 0.344. The van der Waals surface area contributed by atoms with E-state index < -0.39 is 16.0 Å². The highest BCUT2D eigenvalue weighted by atomic mass is 32.2. The predicted octanol–water partition coefficient (Wildman–Crippen LogP) is 5.15. The molecule has 0 aliphatic heterocycles. The Bertz CT molecular complexity index is 1470. The highest BCUT2D eigenvalue weighted by Gasteiger charge is 2.22. The highest BCUT2D eigenvalue weighted by Crippen LogP contribution is 2.34. The molecular formula is C27H28N2O5S. The van der Waals surface area contributed by atoms with Gasteiger partial charge >= 0.3 is 5.97 Å². The van der Waals surface area contributed by atoms with Crippen LogP contribution >= 0.6 is 0 Å². The van der Waals surface area contributed by atoms with E-state index in [1.807, 2.05) is 31.2 Å². The summed E-state index contributed by atoms with van der Waals surface area (Å²) in [5.74, 6) is 0.322. The first kappa shape index (κ1) is 24.5. The van der Waals surface area contributed by atoms with Crippen molar-refractivity contribution >= 4 is 26.9 Å². The number of aromatic nitrogens is 1. The summed E-state index contributed by atoms with van der Waals surface area (Å²) < 4.78 is 38.4. The van der Waals surface area contributed by atoms with Gasteiger partial charge in [-0.1, -0.05) is 24.3 Å². The molecule has 35 heavy (non-hydrogen) atoms. The summed E-state index contributed by atoms with van der Waals surface area (Å²) in [5, 5.41) is 0.828. The number of aryl methyl sites for hydroxylation is 1. The van der Waals surface area contributed by atoms with Gasteiger partial charge in [0.15, 0.2) is 0 Å². The van der Waals surface area contributed by atoms with Crippen molar-refractivity contribution in [3.8, 4) is 16.9 Å². The number of aromatic amines is 1. The van der Waals surface area contributed by atoms with E-state index in [9.17, 15) is 13.2 Å². The van der Waals surface area contributed by atoms with Gasteiger partial charge in [0.1, 0.15) is 5.75 Å². The van der Waals surface area contributed by atoms with Gasteiger partial charge in [0.05, 0.1) is 24.2 Å². The molecule has 182 valence electrons. The number of carbonyl (C=O) groups is 1. The number of hydrogen-bond acceptors (Lipinski definition) is 5. The molecule has 3 aromatic carbocycles. The molecule has 1 aromatic heterocycles. The van der Waals surface area contributed by atoms with Crippen molar-refractivity contribution in [2.75, 3.05) is 20.8 Å². The molecule has 8 heteroatoms. The number of esters is 1. The number of hydrogen-bond donors (Lipinski definition) is 1. The predicted molar refractivity (Wildman–Crippen MR) is 136 cm³/mol. The van der Waals surface area contributed by atoms with Gasteiger partial charge in [0, 0.05) is 35.8 Å². The summed E-state index contributed by atoms with van der Waals surface area (Å²) in [6, 6.07) is 19.5. The van der Waals surface area contributed by atoms with Crippen molar-refractivity contribution in [2.24, 2.45) is 0 Å². The van der Waals surface area contributed by atoms with Gasteiger partial charge in [-0.05, 0) is 67.4 Å². The molecule has 0 atom stereocenters. The first-order valence-corrected chi connectivity index (χ1v) is 12.7. The molecule has 0 fully saturated rings. The van der Waals surface area contributed by atoms with Crippen LogP contribution in [-0.2, 0) is 21.3 Å². The second kappa shape index (κ2) is 9.93. The van der Waals surface area contributed by atoms with Crippen molar-refractivity contribution in [3.05, 3.63) is 83.6 Å². The maximum atomic E-state index is 13.4. The second-order valence-corrected chi connectivity index (χ2v) is 10.3. The minimum Gasteiger partial charge on any atom is -0.497 e. The lowest BCUT2D eigenvalue weighted by atomic mass is 10.0. The fourth-order valence-corrected chi connectivity index (χ4v) is 5.31. The molecule has 0 radical (unpaired) electrons. The molecule has 4 aromatic rings.